The SMILES string of the molecule is COc1ccccc1-c1cc(OC)c(-c2ccc(OCc3ccccc3)c(F)c2)c(OS(C)(=O)=O)c1OC. The number of hydrogen-bond acceptors (Lipinski definition) is 7. The van der Waals surface area contributed by atoms with Crippen molar-refractivity contribution in [1.82, 2.24) is 0 Å². The van der Waals surface area contributed by atoms with E-state index >= 15 is 4.39 Å². The van der Waals surface area contributed by atoms with Gasteiger partial charge in [-0.1, -0.05) is 54.6 Å². The van der Waals surface area contributed by atoms with Gasteiger partial charge in [-0.25, -0.2) is 4.39 Å². The minimum atomic E-state index is -4.02. The molecular formula is C29H27FO7S. The molecular weight excluding hydrogens is 511 g/mol. The van der Waals surface area contributed by atoms with Gasteiger partial charge in [-0.05, 0) is 35.4 Å². The van der Waals surface area contributed by atoms with Crippen LogP contribution in [0.5, 0.6) is 28.7 Å². The van der Waals surface area contributed by atoms with E-state index in [-0.39, 0.29) is 35.2 Å². The van der Waals surface area contributed by atoms with E-state index in [9.17, 15) is 8.42 Å². The van der Waals surface area contributed by atoms with Gasteiger partial charge in [0.25, 0.3) is 0 Å². The Labute approximate surface area is 221 Å². The van der Waals surface area contributed by atoms with Gasteiger partial charge in [-0.15, -0.1) is 0 Å². The predicted octanol–water partition coefficient (Wildman–Crippen LogP) is 6.10. The van der Waals surface area contributed by atoms with Crippen LogP contribution in [0.3, 0.4) is 0 Å². The van der Waals surface area contributed by atoms with E-state index in [4.69, 9.17) is 23.1 Å². The van der Waals surface area contributed by atoms with Gasteiger partial charge in [-0.3, -0.25) is 0 Å². The fraction of sp³-hybridized carbons (Fsp3) is 0.172. The van der Waals surface area contributed by atoms with Gasteiger partial charge in [0, 0.05) is 11.1 Å². The maximum atomic E-state index is 15.2. The molecule has 0 radical (unpaired) electrons. The van der Waals surface area contributed by atoms with Gasteiger partial charge in [0.1, 0.15) is 18.1 Å². The predicted molar refractivity (Wildman–Crippen MR) is 143 cm³/mol. The van der Waals surface area contributed by atoms with E-state index in [0.717, 1.165) is 11.8 Å². The van der Waals surface area contributed by atoms with E-state index in [0.29, 0.717) is 22.4 Å². The summed E-state index contributed by atoms with van der Waals surface area (Å²) in [5.41, 5.74) is 2.47. The van der Waals surface area contributed by atoms with E-state index in [2.05, 4.69) is 0 Å². The Kier molecular flexibility index (Phi) is 8.07. The molecule has 198 valence electrons. The van der Waals surface area contributed by atoms with Crippen molar-refractivity contribution < 1.29 is 35.9 Å². The molecule has 4 aromatic rings. The monoisotopic (exact) mass is 538 g/mol. The molecule has 0 aliphatic rings. The molecule has 0 saturated carbocycles. The average molecular weight is 539 g/mol. The second-order valence-corrected chi connectivity index (χ2v) is 9.85. The maximum Gasteiger partial charge on any atom is 0.306 e. The van der Waals surface area contributed by atoms with Gasteiger partial charge in [0.2, 0.25) is 0 Å². The van der Waals surface area contributed by atoms with Crippen LogP contribution >= 0.6 is 0 Å². The first-order valence-corrected chi connectivity index (χ1v) is 13.4. The lowest BCUT2D eigenvalue weighted by Crippen LogP contribution is -2.09. The molecule has 0 aliphatic heterocycles. The lowest BCUT2D eigenvalue weighted by Gasteiger charge is -2.21. The van der Waals surface area contributed by atoms with Crippen molar-refractivity contribution in [2.24, 2.45) is 0 Å². The summed E-state index contributed by atoms with van der Waals surface area (Å²) in [6.45, 7) is 0.185. The lowest BCUT2D eigenvalue weighted by molar-refractivity contribution is 0.290. The Morgan fingerprint density at radius 1 is 0.711 bits per heavy atom. The zero-order chi connectivity index (χ0) is 27.3. The quantitative estimate of drug-likeness (QED) is 0.226. The second kappa shape index (κ2) is 11.4. The van der Waals surface area contributed by atoms with Crippen molar-refractivity contribution in [2.45, 2.75) is 6.61 Å². The highest BCUT2D eigenvalue weighted by atomic mass is 32.2. The zero-order valence-corrected chi connectivity index (χ0v) is 22.2. The highest BCUT2D eigenvalue weighted by Gasteiger charge is 2.27. The number of rotatable bonds is 10. The van der Waals surface area contributed by atoms with Crippen molar-refractivity contribution in [3.8, 4) is 51.0 Å². The van der Waals surface area contributed by atoms with Crippen molar-refractivity contribution in [3.05, 3.63) is 90.2 Å². The summed E-state index contributed by atoms with van der Waals surface area (Å²) in [5, 5.41) is 0. The summed E-state index contributed by atoms with van der Waals surface area (Å²) in [6, 6.07) is 22.5. The molecule has 4 aromatic carbocycles. The lowest BCUT2D eigenvalue weighted by atomic mass is 9.96. The molecule has 0 amide bonds. The Morgan fingerprint density at radius 3 is 2.03 bits per heavy atom. The first-order valence-electron chi connectivity index (χ1n) is 11.5. The Balaban J connectivity index is 1.87. The number of hydrogen-bond donors (Lipinski definition) is 0. The molecule has 0 heterocycles. The van der Waals surface area contributed by atoms with E-state index in [1.54, 1.807) is 36.4 Å². The number of halogens is 1. The van der Waals surface area contributed by atoms with Crippen LogP contribution < -0.4 is 23.1 Å². The normalized spacial score (nSPS) is 11.1. The summed E-state index contributed by atoms with van der Waals surface area (Å²) < 4.78 is 67.7. The summed E-state index contributed by atoms with van der Waals surface area (Å²) in [5.74, 6) is 0.131. The molecule has 0 aromatic heterocycles. The number of benzene rings is 4. The molecule has 0 N–H and O–H groups in total. The number of ether oxygens (including phenoxy) is 4. The average Bonchev–Trinajstić information content (AvgIpc) is 2.91. The van der Waals surface area contributed by atoms with Crippen LogP contribution in [-0.4, -0.2) is 36.0 Å². The summed E-state index contributed by atoms with van der Waals surface area (Å²) >= 11 is 0. The summed E-state index contributed by atoms with van der Waals surface area (Å²) in [7, 11) is 0.316. The van der Waals surface area contributed by atoms with E-state index in [1.807, 2.05) is 30.3 Å². The Hall–Kier alpha value is -4.24. The van der Waals surface area contributed by atoms with Crippen LogP contribution in [0, 0.1) is 5.82 Å². The fourth-order valence-electron chi connectivity index (χ4n) is 4.06. The highest BCUT2D eigenvalue weighted by molar-refractivity contribution is 7.86. The van der Waals surface area contributed by atoms with Gasteiger partial charge in [0.15, 0.2) is 23.1 Å². The minimum absolute atomic E-state index is 0.0414. The third kappa shape index (κ3) is 5.84. The van der Waals surface area contributed by atoms with Crippen LogP contribution in [0.2, 0.25) is 0 Å². The standard InChI is InChI=1S/C29H27FO7S/c1-33-24-13-9-8-12-21(24)22-17-26(34-2)27(29(28(22)35-3)37-38(4,31)32)20-14-15-25(23(30)16-20)36-18-19-10-6-5-7-11-19/h5-17H,18H2,1-4H3. The van der Waals surface area contributed by atoms with Crippen LogP contribution in [0.4, 0.5) is 4.39 Å². The zero-order valence-electron chi connectivity index (χ0n) is 21.4. The molecule has 0 fully saturated rings. The Bertz CT molecular complexity index is 1540. The molecule has 0 saturated heterocycles. The molecule has 0 spiro atoms. The van der Waals surface area contributed by atoms with Crippen molar-refractivity contribution in [2.75, 3.05) is 27.6 Å². The van der Waals surface area contributed by atoms with Crippen molar-refractivity contribution >= 4 is 10.1 Å². The third-order valence-electron chi connectivity index (χ3n) is 5.71. The molecule has 0 unspecified atom stereocenters. The fourth-order valence-corrected chi connectivity index (χ4v) is 4.52. The molecule has 0 atom stereocenters. The van der Waals surface area contributed by atoms with Gasteiger partial charge >= 0.3 is 10.1 Å². The van der Waals surface area contributed by atoms with E-state index < -0.39 is 15.9 Å². The number of para-hydroxylation sites is 1. The van der Waals surface area contributed by atoms with Crippen LogP contribution in [-0.2, 0) is 16.7 Å². The molecule has 0 bridgehead atoms. The smallest absolute Gasteiger partial charge is 0.306 e. The van der Waals surface area contributed by atoms with Gasteiger partial charge in [-0.2, -0.15) is 8.42 Å². The Morgan fingerprint density at radius 2 is 1.39 bits per heavy atom. The molecule has 9 heteroatoms. The first kappa shape index (κ1) is 26.8. The van der Waals surface area contributed by atoms with Crippen molar-refractivity contribution in [1.29, 1.82) is 0 Å². The molecule has 7 nitrogen and oxygen atoms in total. The topological polar surface area (TPSA) is 80.3 Å². The number of methoxy groups -OCH3 is 3. The van der Waals surface area contributed by atoms with Gasteiger partial charge in [0.05, 0.1) is 33.1 Å². The second-order valence-electron chi connectivity index (χ2n) is 8.27. The minimum Gasteiger partial charge on any atom is -0.496 e. The van der Waals surface area contributed by atoms with Gasteiger partial charge < -0.3 is 23.1 Å². The summed E-state index contributed by atoms with van der Waals surface area (Å²) in [6.07, 6.45) is 0.916. The van der Waals surface area contributed by atoms with E-state index in [1.165, 1.54) is 33.5 Å². The molecule has 0 aliphatic carbocycles. The molecule has 4 rings (SSSR count). The van der Waals surface area contributed by atoms with Crippen LogP contribution in [0.15, 0.2) is 78.9 Å². The first-order chi connectivity index (χ1) is 18.3. The maximum absolute atomic E-state index is 15.2. The highest BCUT2D eigenvalue weighted by Crippen LogP contribution is 2.52. The summed E-state index contributed by atoms with van der Waals surface area (Å²) in [4.78, 5) is 0. The van der Waals surface area contributed by atoms with Crippen LogP contribution in [0.1, 0.15) is 5.56 Å². The van der Waals surface area contributed by atoms with Crippen molar-refractivity contribution in [3.63, 3.8) is 0 Å². The van der Waals surface area contributed by atoms with Crippen LogP contribution in [0.25, 0.3) is 22.3 Å². The molecule has 38 heavy (non-hydrogen) atoms. The largest absolute Gasteiger partial charge is 0.496 e. The third-order valence-corrected chi connectivity index (χ3v) is 6.18.